The van der Waals surface area contributed by atoms with Crippen LogP contribution in [0.1, 0.15) is 25.0 Å². The lowest BCUT2D eigenvalue weighted by atomic mass is 9.95. The summed E-state index contributed by atoms with van der Waals surface area (Å²) < 4.78 is 0. The summed E-state index contributed by atoms with van der Waals surface area (Å²) in [4.78, 5) is 11.9. The number of amides is 1. The van der Waals surface area contributed by atoms with Crippen molar-refractivity contribution in [3.8, 4) is 0 Å². The van der Waals surface area contributed by atoms with Crippen LogP contribution in [0.4, 0.5) is 0 Å². The zero-order valence-corrected chi connectivity index (χ0v) is 11.6. The Kier molecular flexibility index (Phi) is 5.86. The molecule has 0 aliphatic heterocycles. The van der Waals surface area contributed by atoms with Crippen LogP contribution in [0, 0.1) is 18.8 Å². The van der Waals surface area contributed by atoms with Crippen LogP contribution >= 0.6 is 0 Å². The Hall–Kier alpha value is -1.35. The van der Waals surface area contributed by atoms with Gasteiger partial charge in [0.05, 0.1) is 5.92 Å². The van der Waals surface area contributed by atoms with Crippen LogP contribution in [-0.4, -0.2) is 19.0 Å². The summed E-state index contributed by atoms with van der Waals surface area (Å²) in [7, 11) is 0. The summed E-state index contributed by atoms with van der Waals surface area (Å²) in [5.74, 6) is 0.275. The molecule has 18 heavy (non-hydrogen) atoms. The minimum atomic E-state index is -0.0810. The van der Waals surface area contributed by atoms with Crippen molar-refractivity contribution in [2.75, 3.05) is 13.1 Å². The van der Waals surface area contributed by atoms with Gasteiger partial charge in [-0.2, -0.15) is 0 Å². The van der Waals surface area contributed by atoms with Gasteiger partial charge in [-0.3, -0.25) is 4.79 Å². The smallest absolute Gasteiger partial charge is 0.224 e. The molecule has 0 aliphatic carbocycles. The van der Waals surface area contributed by atoms with Gasteiger partial charge in [-0.05, 0) is 24.8 Å². The Labute approximate surface area is 110 Å². The van der Waals surface area contributed by atoms with Crippen LogP contribution in [0.3, 0.4) is 0 Å². The number of hydrogen-bond donors (Lipinski definition) is 2. The van der Waals surface area contributed by atoms with Crippen LogP contribution in [-0.2, 0) is 11.2 Å². The summed E-state index contributed by atoms with van der Waals surface area (Å²) >= 11 is 0. The van der Waals surface area contributed by atoms with Crippen LogP contribution in [0.2, 0.25) is 0 Å². The van der Waals surface area contributed by atoms with Gasteiger partial charge in [0.15, 0.2) is 0 Å². The van der Waals surface area contributed by atoms with Gasteiger partial charge in [-0.15, -0.1) is 0 Å². The Balaban J connectivity index is 2.40. The highest BCUT2D eigenvalue weighted by molar-refractivity contribution is 5.79. The van der Waals surface area contributed by atoms with Gasteiger partial charge in [0.2, 0.25) is 5.91 Å². The molecule has 0 aromatic heterocycles. The number of nitrogens with two attached hydrogens (primary N) is 1. The maximum atomic E-state index is 11.9. The van der Waals surface area contributed by atoms with Gasteiger partial charge >= 0.3 is 0 Å². The van der Waals surface area contributed by atoms with Crippen molar-refractivity contribution in [1.29, 1.82) is 0 Å². The maximum Gasteiger partial charge on any atom is 0.224 e. The third-order valence-electron chi connectivity index (χ3n) is 3.19. The van der Waals surface area contributed by atoms with E-state index in [0.29, 0.717) is 13.1 Å². The number of carbonyl (C=O) groups is 1. The Bertz CT molecular complexity index is 388. The van der Waals surface area contributed by atoms with Gasteiger partial charge in [-0.1, -0.05) is 43.7 Å². The largest absolute Gasteiger partial charge is 0.355 e. The van der Waals surface area contributed by atoms with Crippen molar-refractivity contribution >= 4 is 5.91 Å². The number of benzene rings is 1. The molecular weight excluding hydrogens is 224 g/mol. The monoisotopic (exact) mass is 248 g/mol. The van der Waals surface area contributed by atoms with Crippen molar-refractivity contribution in [3.05, 3.63) is 35.4 Å². The molecule has 1 unspecified atom stereocenters. The fourth-order valence-corrected chi connectivity index (χ4v) is 2.01. The second-order valence-electron chi connectivity index (χ2n) is 5.12. The molecule has 0 aliphatic rings. The van der Waals surface area contributed by atoms with Crippen LogP contribution in [0.15, 0.2) is 24.3 Å². The van der Waals surface area contributed by atoms with E-state index in [2.05, 4.69) is 30.4 Å². The molecule has 0 radical (unpaired) electrons. The zero-order valence-electron chi connectivity index (χ0n) is 11.6. The summed E-state index contributed by atoms with van der Waals surface area (Å²) in [5, 5.41) is 2.96. The first kappa shape index (κ1) is 14.7. The molecule has 3 N–H and O–H groups in total. The number of hydrogen-bond acceptors (Lipinski definition) is 2. The molecule has 1 aromatic rings. The van der Waals surface area contributed by atoms with E-state index >= 15 is 0 Å². The molecule has 1 amide bonds. The topological polar surface area (TPSA) is 55.1 Å². The minimum Gasteiger partial charge on any atom is -0.355 e. The second-order valence-corrected chi connectivity index (χ2v) is 5.12. The van der Waals surface area contributed by atoms with E-state index in [1.807, 2.05) is 19.9 Å². The van der Waals surface area contributed by atoms with Crippen LogP contribution < -0.4 is 11.1 Å². The minimum absolute atomic E-state index is 0.0696. The summed E-state index contributed by atoms with van der Waals surface area (Å²) in [5.41, 5.74) is 8.12. The Morgan fingerprint density at radius 2 is 2.11 bits per heavy atom. The molecule has 0 saturated heterocycles. The van der Waals surface area contributed by atoms with E-state index < -0.39 is 0 Å². The van der Waals surface area contributed by atoms with Gasteiger partial charge < -0.3 is 11.1 Å². The van der Waals surface area contributed by atoms with Crippen molar-refractivity contribution in [2.45, 2.75) is 27.2 Å². The van der Waals surface area contributed by atoms with E-state index in [1.54, 1.807) is 0 Å². The number of nitrogens with one attached hydrogen (secondary N) is 1. The maximum absolute atomic E-state index is 11.9. The predicted molar refractivity (Wildman–Crippen MR) is 75.3 cm³/mol. The first-order chi connectivity index (χ1) is 8.54. The average molecular weight is 248 g/mol. The average Bonchev–Trinajstić information content (AvgIpc) is 2.29. The van der Waals surface area contributed by atoms with Crippen molar-refractivity contribution in [2.24, 2.45) is 17.6 Å². The van der Waals surface area contributed by atoms with E-state index in [4.69, 9.17) is 5.73 Å². The summed E-state index contributed by atoms with van der Waals surface area (Å²) in [6.07, 6.45) is 0.864. The lowest BCUT2D eigenvalue weighted by Gasteiger charge is -2.18. The predicted octanol–water partition coefficient (Wildman–Crippen LogP) is 1.88. The van der Waals surface area contributed by atoms with Gasteiger partial charge in [0, 0.05) is 13.1 Å². The molecule has 0 fully saturated rings. The molecule has 0 bridgehead atoms. The number of rotatable bonds is 6. The number of carbonyl (C=O) groups excluding carboxylic acids is 1. The van der Waals surface area contributed by atoms with E-state index in [0.717, 1.165) is 6.42 Å². The van der Waals surface area contributed by atoms with Crippen LogP contribution in [0.25, 0.3) is 0 Å². The molecule has 3 nitrogen and oxygen atoms in total. The van der Waals surface area contributed by atoms with Gasteiger partial charge in [0.1, 0.15) is 0 Å². The Morgan fingerprint density at radius 1 is 1.39 bits per heavy atom. The third kappa shape index (κ3) is 4.49. The standard InChI is InChI=1S/C15H24N2O/c1-11(2)14(10-16)15(18)17-8-7-13-6-4-5-12(3)9-13/h4-6,9,11,14H,7-8,10,16H2,1-3H3,(H,17,18). The molecule has 0 spiro atoms. The first-order valence-electron chi connectivity index (χ1n) is 6.58. The van der Waals surface area contributed by atoms with Gasteiger partial charge in [-0.25, -0.2) is 0 Å². The first-order valence-corrected chi connectivity index (χ1v) is 6.58. The molecule has 100 valence electrons. The van der Waals surface area contributed by atoms with E-state index in [9.17, 15) is 4.79 Å². The Morgan fingerprint density at radius 3 is 2.67 bits per heavy atom. The van der Waals surface area contributed by atoms with E-state index in [-0.39, 0.29) is 17.7 Å². The third-order valence-corrected chi connectivity index (χ3v) is 3.19. The van der Waals surface area contributed by atoms with E-state index in [1.165, 1.54) is 11.1 Å². The fraction of sp³-hybridized carbons (Fsp3) is 0.533. The summed E-state index contributed by atoms with van der Waals surface area (Å²) in [6.45, 7) is 7.21. The summed E-state index contributed by atoms with van der Waals surface area (Å²) in [6, 6.07) is 8.35. The molecule has 0 heterocycles. The fourth-order valence-electron chi connectivity index (χ4n) is 2.01. The number of aryl methyl sites for hydroxylation is 1. The molecule has 1 aromatic carbocycles. The molecule has 3 heteroatoms. The van der Waals surface area contributed by atoms with Crippen molar-refractivity contribution in [3.63, 3.8) is 0 Å². The molecule has 1 atom stereocenters. The van der Waals surface area contributed by atoms with Crippen LogP contribution in [0.5, 0.6) is 0 Å². The quantitative estimate of drug-likeness (QED) is 0.807. The SMILES string of the molecule is Cc1cccc(CCNC(=O)C(CN)C(C)C)c1. The van der Waals surface area contributed by atoms with Gasteiger partial charge in [0.25, 0.3) is 0 Å². The lowest BCUT2D eigenvalue weighted by molar-refractivity contribution is -0.125. The second kappa shape index (κ2) is 7.17. The highest BCUT2D eigenvalue weighted by Gasteiger charge is 2.19. The molecular formula is C15H24N2O. The lowest BCUT2D eigenvalue weighted by Crippen LogP contribution is -2.38. The highest BCUT2D eigenvalue weighted by Crippen LogP contribution is 2.09. The zero-order chi connectivity index (χ0) is 13.5. The molecule has 0 saturated carbocycles. The van der Waals surface area contributed by atoms with Crippen molar-refractivity contribution in [1.82, 2.24) is 5.32 Å². The highest BCUT2D eigenvalue weighted by atomic mass is 16.1. The molecule has 1 rings (SSSR count). The van der Waals surface area contributed by atoms with Crippen molar-refractivity contribution < 1.29 is 4.79 Å². The normalized spacial score (nSPS) is 12.5.